The molecule has 0 aliphatic heterocycles. The van der Waals surface area contributed by atoms with Crippen molar-refractivity contribution in [2.75, 3.05) is 25.6 Å². The summed E-state index contributed by atoms with van der Waals surface area (Å²) in [5.41, 5.74) is 6.82. The standard InChI is InChI=1S/C14H22BrFN2S/c1-10(6-7-19-3)18(2)14(9-17)12-8-11(16)4-5-13(12)15/h4-5,8,10,14H,6-7,9,17H2,1-3H3. The normalized spacial score (nSPS) is 14.7. The zero-order valence-corrected chi connectivity index (χ0v) is 14.1. The fraction of sp³-hybridized carbons (Fsp3) is 0.571. The fourth-order valence-electron chi connectivity index (χ4n) is 2.08. The van der Waals surface area contributed by atoms with Gasteiger partial charge in [-0.05, 0) is 56.2 Å². The van der Waals surface area contributed by atoms with E-state index in [0.29, 0.717) is 12.6 Å². The lowest BCUT2D eigenvalue weighted by Crippen LogP contribution is -2.37. The summed E-state index contributed by atoms with van der Waals surface area (Å²) in [6.45, 7) is 2.66. The van der Waals surface area contributed by atoms with Gasteiger partial charge in [0, 0.05) is 23.1 Å². The molecule has 1 aromatic carbocycles. The van der Waals surface area contributed by atoms with Gasteiger partial charge in [-0.2, -0.15) is 11.8 Å². The summed E-state index contributed by atoms with van der Waals surface area (Å²) in [4.78, 5) is 2.23. The van der Waals surface area contributed by atoms with E-state index in [1.54, 1.807) is 12.1 Å². The van der Waals surface area contributed by atoms with E-state index in [1.165, 1.54) is 6.07 Å². The number of nitrogens with two attached hydrogens (primary N) is 1. The Bertz CT molecular complexity index is 403. The average molecular weight is 349 g/mol. The van der Waals surface area contributed by atoms with Crippen molar-refractivity contribution in [2.24, 2.45) is 5.73 Å². The molecule has 0 heterocycles. The molecule has 0 aliphatic rings. The predicted octanol–water partition coefficient (Wildman–Crippen LogP) is 3.66. The second kappa shape index (κ2) is 8.25. The summed E-state index contributed by atoms with van der Waals surface area (Å²) in [6, 6.07) is 5.21. The molecule has 0 amide bonds. The zero-order valence-electron chi connectivity index (χ0n) is 11.7. The molecule has 0 radical (unpaired) electrons. The first-order valence-corrected chi connectivity index (χ1v) is 8.55. The minimum Gasteiger partial charge on any atom is -0.329 e. The third-order valence-electron chi connectivity index (χ3n) is 3.47. The molecule has 0 aromatic heterocycles. The number of benzene rings is 1. The van der Waals surface area contributed by atoms with Crippen LogP contribution in [0.2, 0.25) is 0 Å². The maximum absolute atomic E-state index is 13.4. The Morgan fingerprint density at radius 2 is 2.16 bits per heavy atom. The lowest BCUT2D eigenvalue weighted by atomic mass is 10.0. The molecule has 5 heteroatoms. The van der Waals surface area contributed by atoms with Crippen molar-refractivity contribution >= 4 is 27.7 Å². The molecule has 0 aliphatic carbocycles. The van der Waals surface area contributed by atoms with Crippen LogP contribution in [0, 0.1) is 5.82 Å². The van der Waals surface area contributed by atoms with Gasteiger partial charge in [0.05, 0.1) is 0 Å². The molecule has 2 nitrogen and oxygen atoms in total. The zero-order chi connectivity index (χ0) is 14.4. The van der Waals surface area contributed by atoms with Gasteiger partial charge in [0.2, 0.25) is 0 Å². The Labute approximate surface area is 128 Å². The summed E-state index contributed by atoms with van der Waals surface area (Å²) < 4.78 is 14.3. The van der Waals surface area contributed by atoms with Gasteiger partial charge in [0.25, 0.3) is 0 Å². The van der Waals surface area contributed by atoms with Crippen LogP contribution in [0.3, 0.4) is 0 Å². The summed E-state index contributed by atoms with van der Waals surface area (Å²) in [5, 5.41) is 0. The second-order valence-corrected chi connectivity index (χ2v) is 6.55. The monoisotopic (exact) mass is 348 g/mol. The van der Waals surface area contributed by atoms with Gasteiger partial charge in [-0.25, -0.2) is 4.39 Å². The lowest BCUT2D eigenvalue weighted by molar-refractivity contribution is 0.185. The maximum Gasteiger partial charge on any atom is 0.123 e. The number of halogens is 2. The molecule has 19 heavy (non-hydrogen) atoms. The van der Waals surface area contributed by atoms with Crippen LogP contribution < -0.4 is 5.73 Å². The first-order chi connectivity index (χ1) is 9.01. The number of hydrogen-bond acceptors (Lipinski definition) is 3. The molecule has 108 valence electrons. The van der Waals surface area contributed by atoms with Crippen molar-refractivity contribution in [3.63, 3.8) is 0 Å². The number of rotatable bonds is 7. The number of hydrogen-bond donors (Lipinski definition) is 1. The van der Waals surface area contributed by atoms with Crippen molar-refractivity contribution in [1.29, 1.82) is 0 Å². The highest BCUT2D eigenvalue weighted by Crippen LogP contribution is 2.29. The van der Waals surface area contributed by atoms with Gasteiger partial charge < -0.3 is 5.73 Å². The van der Waals surface area contributed by atoms with Crippen LogP contribution in [0.25, 0.3) is 0 Å². The molecule has 0 saturated heterocycles. The van der Waals surface area contributed by atoms with E-state index in [4.69, 9.17) is 5.73 Å². The molecule has 1 rings (SSSR count). The molecule has 0 bridgehead atoms. The SMILES string of the molecule is CSCCC(C)N(C)C(CN)c1cc(F)ccc1Br. The van der Waals surface area contributed by atoms with Gasteiger partial charge in [0.1, 0.15) is 5.82 Å². The van der Waals surface area contributed by atoms with Crippen LogP contribution in [-0.4, -0.2) is 36.5 Å². The Balaban J connectivity index is 2.89. The van der Waals surface area contributed by atoms with E-state index in [-0.39, 0.29) is 11.9 Å². The highest BCUT2D eigenvalue weighted by Gasteiger charge is 2.22. The molecule has 2 unspecified atom stereocenters. The largest absolute Gasteiger partial charge is 0.329 e. The molecule has 0 spiro atoms. The Morgan fingerprint density at radius 3 is 2.74 bits per heavy atom. The van der Waals surface area contributed by atoms with E-state index in [0.717, 1.165) is 22.2 Å². The molecule has 2 atom stereocenters. The van der Waals surface area contributed by atoms with Gasteiger partial charge in [0.15, 0.2) is 0 Å². The highest BCUT2D eigenvalue weighted by atomic mass is 79.9. The van der Waals surface area contributed by atoms with E-state index in [1.807, 2.05) is 11.8 Å². The average Bonchev–Trinajstić information content (AvgIpc) is 2.40. The van der Waals surface area contributed by atoms with Crippen molar-refractivity contribution in [1.82, 2.24) is 4.90 Å². The lowest BCUT2D eigenvalue weighted by Gasteiger charge is -2.33. The minimum absolute atomic E-state index is 0.0296. The van der Waals surface area contributed by atoms with Crippen LogP contribution in [0.1, 0.15) is 24.9 Å². The predicted molar refractivity (Wildman–Crippen MR) is 86.1 cm³/mol. The topological polar surface area (TPSA) is 29.3 Å². The Hall–Kier alpha value is -0.100. The van der Waals surface area contributed by atoms with Crippen molar-refractivity contribution in [3.05, 3.63) is 34.1 Å². The van der Waals surface area contributed by atoms with Gasteiger partial charge in [-0.1, -0.05) is 15.9 Å². The Morgan fingerprint density at radius 1 is 1.47 bits per heavy atom. The fourth-order valence-corrected chi connectivity index (χ4v) is 3.17. The quantitative estimate of drug-likeness (QED) is 0.815. The van der Waals surface area contributed by atoms with Crippen LogP contribution in [0.15, 0.2) is 22.7 Å². The third-order valence-corrected chi connectivity index (χ3v) is 4.83. The number of thioether (sulfide) groups is 1. The van der Waals surface area contributed by atoms with Crippen LogP contribution >= 0.6 is 27.7 Å². The van der Waals surface area contributed by atoms with Crippen molar-refractivity contribution < 1.29 is 4.39 Å². The van der Waals surface area contributed by atoms with Crippen LogP contribution in [0.5, 0.6) is 0 Å². The third kappa shape index (κ3) is 4.74. The number of likely N-dealkylation sites (N-methyl/N-ethyl adjacent to an activating group) is 1. The van der Waals surface area contributed by atoms with Crippen LogP contribution in [0.4, 0.5) is 4.39 Å². The molecule has 0 fully saturated rings. The highest BCUT2D eigenvalue weighted by molar-refractivity contribution is 9.10. The van der Waals surface area contributed by atoms with Crippen molar-refractivity contribution in [2.45, 2.75) is 25.4 Å². The summed E-state index contributed by atoms with van der Waals surface area (Å²) in [6.07, 6.45) is 3.21. The summed E-state index contributed by atoms with van der Waals surface area (Å²) in [7, 11) is 2.06. The minimum atomic E-state index is -0.221. The van der Waals surface area contributed by atoms with Crippen LogP contribution in [-0.2, 0) is 0 Å². The van der Waals surface area contributed by atoms with Gasteiger partial charge in [-0.3, -0.25) is 4.90 Å². The Kier molecular flexibility index (Phi) is 7.36. The maximum atomic E-state index is 13.4. The molecule has 0 saturated carbocycles. The second-order valence-electron chi connectivity index (χ2n) is 4.71. The van der Waals surface area contributed by atoms with Gasteiger partial charge in [-0.15, -0.1) is 0 Å². The van der Waals surface area contributed by atoms with Crippen molar-refractivity contribution in [3.8, 4) is 0 Å². The number of nitrogens with zero attached hydrogens (tertiary/aromatic N) is 1. The van der Waals surface area contributed by atoms with Gasteiger partial charge >= 0.3 is 0 Å². The summed E-state index contributed by atoms with van der Waals surface area (Å²) >= 11 is 5.33. The van der Waals surface area contributed by atoms with E-state index >= 15 is 0 Å². The smallest absolute Gasteiger partial charge is 0.123 e. The van der Waals surface area contributed by atoms with E-state index in [9.17, 15) is 4.39 Å². The first kappa shape index (κ1) is 17.0. The van der Waals surface area contributed by atoms with E-state index in [2.05, 4.69) is 41.1 Å². The molecule has 2 N–H and O–H groups in total. The van der Waals surface area contributed by atoms with E-state index < -0.39 is 0 Å². The molecule has 1 aromatic rings. The summed E-state index contributed by atoms with van der Waals surface area (Å²) in [5.74, 6) is 0.898. The molecular weight excluding hydrogens is 327 g/mol. The molecular formula is C14H22BrFN2S. The first-order valence-electron chi connectivity index (χ1n) is 6.37.